The smallest absolute Gasteiger partial charge is 0.405 e. The summed E-state index contributed by atoms with van der Waals surface area (Å²) in [6.45, 7) is 0. The third-order valence-corrected chi connectivity index (χ3v) is 7.87. The molecular weight excluding hydrogens is 442 g/mol. The van der Waals surface area contributed by atoms with Crippen molar-refractivity contribution in [2.75, 3.05) is 17.3 Å². The number of hydrogen-bond donors (Lipinski definition) is 2. The maximum Gasteiger partial charge on any atom is 0.405 e. The van der Waals surface area contributed by atoms with Gasteiger partial charge in [-0.2, -0.15) is 0 Å². The highest BCUT2D eigenvalue weighted by Gasteiger charge is 2.40. The molecule has 0 saturated heterocycles. The molecule has 1 fully saturated rings. The first-order valence-electron chi connectivity index (χ1n) is 10.6. The first-order valence-corrected chi connectivity index (χ1v) is 12.2. The van der Waals surface area contributed by atoms with Gasteiger partial charge in [0.25, 0.3) is 10.0 Å². The van der Waals surface area contributed by atoms with Gasteiger partial charge in [-0.25, -0.2) is 18.2 Å². The molecule has 2 aliphatic rings. The fraction of sp³-hybridized carbons (Fsp3) is 0.250. The van der Waals surface area contributed by atoms with Crippen LogP contribution in [0.15, 0.2) is 60.7 Å². The van der Waals surface area contributed by atoms with E-state index in [1.165, 1.54) is 11.4 Å². The van der Waals surface area contributed by atoms with Crippen molar-refractivity contribution < 1.29 is 23.1 Å². The predicted molar refractivity (Wildman–Crippen MR) is 125 cm³/mol. The van der Waals surface area contributed by atoms with Crippen molar-refractivity contribution in [3.8, 4) is 28.3 Å². The van der Waals surface area contributed by atoms with Crippen LogP contribution in [0.25, 0.3) is 22.4 Å². The molecule has 0 radical (unpaired) electrons. The number of sulfonamides is 1. The van der Waals surface area contributed by atoms with Crippen molar-refractivity contribution in [2.24, 2.45) is 0 Å². The Morgan fingerprint density at radius 1 is 1.09 bits per heavy atom. The van der Waals surface area contributed by atoms with Gasteiger partial charge in [0.2, 0.25) is 11.8 Å². The fourth-order valence-electron chi connectivity index (χ4n) is 4.40. The highest BCUT2D eigenvalue weighted by Crippen LogP contribution is 2.43. The summed E-state index contributed by atoms with van der Waals surface area (Å²) >= 11 is 0. The normalized spacial score (nSPS) is 17.9. The Morgan fingerprint density at radius 2 is 1.79 bits per heavy atom. The summed E-state index contributed by atoms with van der Waals surface area (Å²) in [4.78, 5) is 16.0. The zero-order valence-electron chi connectivity index (χ0n) is 18.0. The van der Waals surface area contributed by atoms with E-state index in [1.807, 2.05) is 54.6 Å². The Bertz CT molecular complexity index is 1320. The van der Waals surface area contributed by atoms with Gasteiger partial charge in [-0.1, -0.05) is 54.6 Å². The molecule has 170 valence electrons. The van der Waals surface area contributed by atoms with E-state index >= 15 is 0 Å². The van der Waals surface area contributed by atoms with Crippen LogP contribution in [-0.2, 0) is 15.6 Å². The number of amides is 1. The minimum Gasteiger partial charge on any atom is -0.465 e. The summed E-state index contributed by atoms with van der Waals surface area (Å²) in [5.74, 6) is -0.204. The van der Waals surface area contributed by atoms with Gasteiger partial charge in [0.15, 0.2) is 0 Å². The lowest BCUT2D eigenvalue weighted by atomic mass is 9.71. The molecule has 1 saturated carbocycles. The van der Waals surface area contributed by atoms with Gasteiger partial charge in [0.05, 0.1) is 11.2 Å². The summed E-state index contributed by atoms with van der Waals surface area (Å²) in [6.07, 6.45) is 1.47. The van der Waals surface area contributed by atoms with Crippen molar-refractivity contribution in [3.05, 3.63) is 66.2 Å². The third-order valence-electron chi connectivity index (χ3n) is 6.42. The zero-order chi connectivity index (χ0) is 23.2. The van der Waals surface area contributed by atoms with Crippen molar-refractivity contribution in [1.29, 1.82) is 0 Å². The number of carbonyl (C=O) groups is 1. The number of benzene rings is 2. The van der Waals surface area contributed by atoms with Crippen LogP contribution < -0.4 is 14.4 Å². The molecule has 5 rings (SSSR count). The summed E-state index contributed by atoms with van der Waals surface area (Å²) in [6, 6.07) is 19.1. The average Bonchev–Trinajstić information content (AvgIpc) is 2.79. The van der Waals surface area contributed by atoms with E-state index in [1.54, 1.807) is 6.07 Å². The lowest BCUT2D eigenvalue weighted by molar-refractivity contribution is 0.144. The van der Waals surface area contributed by atoms with E-state index in [0.29, 0.717) is 11.4 Å². The van der Waals surface area contributed by atoms with E-state index in [4.69, 9.17) is 9.72 Å². The van der Waals surface area contributed by atoms with Gasteiger partial charge in [-0.3, -0.25) is 4.31 Å². The standard InChI is InChI=1S/C24H23N3O5S/c1-27-20-14-19(16-6-3-2-4-7-16)21(25-22(20)32-15-33(27,30)31)17-8-10-18(11-9-17)24(12-5-13-24)26-23(28)29/h2-4,6-11,14,26H,5,12-13,15H2,1H3,(H,28,29). The summed E-state index contributed by atoms with van der Waals surface area (Å²) in [5, 5.41) is 11.9. The molecule has 1 amide bonds. The van der Waals surface area contributed by atoms with Crippen molar-refractivity contribution in [1.82, 2.24) is 10.3 Å². The topological polar surface area (TPSA) is 109 Å². The first-order chi connectivity index (χ1) is 15.8. The monoisotopic (exact) mass is 465 g/mol. The molecule has 9 heteroatoms. The van der Waals surface area contributed by atoms with Gasteiger partial charge < -0.3 is 15.2 Å². The van der Waals surface area contributed by atoms with Crippen LogP contribution in [0.1, 0.15) is 24.8 Å². The number of hydrogen-bond acceptors (Lipinski definition) is 5. The Hall–Kier alpha value is -3.59. The van der Waals surface area contributed by atoms with Crippen molar-refractivity contribution in [2.45, 2.75) is 24.8 Å². The van der Waals surface area contributed by atoms with Gasteiger partial charge in [0, 0.05) is 18.2 Å². The van der Waals surface area contributed by atoms with E-state index in [-0.39, 0.29) is 5.88 Å². The molecule has 33 heavy (non-hydrogen) atoms. The van der Waals surface area contributed by atoms with E-state index in [2.05, 4.69) is 5.32 Å². The Kier molecular flexibility index (Phi) is 5.01. The van der Waals surface area contributed by atoms with Gasteiger partial charge in [-0.05, 0) is 36.5 Å². The second-order valence-corrected chi connectivity index (χ2v) is 10.3. The first kappa shape index (κ1) is 21.3. The molecule has 1 aromatic heterocycles. The number of anilines is 1. The van der Waals surface area contributed by atoms with Crippen LogP contribution in [0, 0.1) is 0 Å². The second-order valence-electron chi connectivity index (χ2n) is 8.36. The van der Waals surface area contributed by atoms with Crippen molar-refractivity contribution >= 4 is 21.8 Å². The Balaban J connectivity index is 1.61. The lowest BCUT2D eigenvalue weighted by Gasteiger charge is -2.42. The molecular formula is C24H23N3O5S. The SMILES string of the molecule is CN1c2cc(-c3ccccc3)c(-c3ccc(C4(NC(=O)O)CCC4)cc3)nc2OCS1(=O)=O. The molecule has 2 aromatic carbocycles. The molecule has 0 bridgehead atoms. The quantitative estimate of drug-likeness (QED) is 0.598. The summed E-state index contributed by atoms with van der Waals surface area (Å²) < 4.78 is 31.3. The molecule has 0 atom stereocenters. The number of fused-ring (bicyclic) bond motifs is 1. The maximum atomic E-state index is 12.3. The summed E-state index contributed by atoms with van der Waals surface area (Å²) in [7, 11) is -2.07. The largest absolute Gasteiger partial charge is 0.465 e. The van der Waals surface area contributed by atoms with Crippen LogP contribution in [0.5, 0.6) is 5.88 Å². The highest BCUT2D eigenvalue weighted by atomic mass is 32.2. The molecule has 0 spiro atoms. The van der Waals surface area contributed by atoms with E-state index in [9.17, 15) is 18.3 Å². The van der Waals surface area contributed by atoms with Crippen LogP contribution in [0.4, 0.5) is 10.5 Å². The van der Waals surface area contributed by atoms with Crippen molar-refractivity contribution in [3.63, 3.8) is 0 Å². The number of ether oxygens (including phenoxy) is 1. The van der Waals surface area contributed by atoms with Gasteiger partial charge >= 0.3 is 6.09 Å². The number of nitrogens with one attached hydrogen (secondary N) is 1. The molecule has 2 heterocycles. The lowest BCUT2D eigenvalue weighted by Crippen LogP contribution is -2.50. The summed E-state index contributed by atoms with van der Waals surface area (Å²) in [5.41, 5.74) is 3.91. The molecule has 1 aliphatic carbocycles. The number of aromatic nitrogens is 1. The molecule has 3 aromatic rings. The number of carboxylic acid groups (broad SMARTS) is 1. The highest BCUT2D eigenvalue weighted by molar-refractivity contribution is 7.92. The van der Waals surface area contributed by atoms with E-state index in [0.717, 1.165) is 41.5 Å². The maximum absolute atomic E-state index is 12.3. The minimum atomic E-state index is -3.56. The Morgan fingerprint density at radius 3 is 2.39 bits per heavy atom. The van der Waals surface area contributed by atoms with Crippen LogP contribution in [0.3, 0.4) is 0 Å². The molecule has 8 nitrogen and oxygen atoms in total. The fourth-order valence-corrected chi connectivity index (χ4v) is 5.25. The number of nitrogens with zero attached hydrogens (tertiary/aromatic N) is 2. The average molecular weight is 466 g/mol. The van der Waals surface area contributed by atoms with Gasteiger partial charge in [0.1, 0.15) is 5.69 Å². The number of pyridine rings is 1. The second kappa shape index (κ2) is 7.77. The molecule has 2 N–H and O–H groups in total. The third kappa shape index (κ3) is 3.68. The van der Waals surface area contributed by atoms with E-state index < -0.39 is 27.6 Å². The zero-order valence-corrected chi connectivity index (χ0v) is 18.8. The number of rotatable bonds is 4. The van der Waals surface area contributed by atoms with Crippen LogP contribution in [0.2, 0.25) is 0 Å². The van der Waals surface area contributed by atoms with Crippen LogP contribution >= 0.6 is 0 Å². The predicted octanol–water partition coefficient (Wildman–Crippen LogP) is 4.18. The molecule has 1 aliphatic heterocycles. The van der Waals surface area contributed by atoms with Crippen LogP contribution in [-0.4, -0.2) is 37.6 Å². The molecule has 0 unspecified atom stereocenters. The Labute approximate surface area is 191 Å². The minimum absolute atomic E-state index is 0.258. The van der Waals surface area contributed by atoms with Gasteiger partial charge in [-0.15, -0.1) is 0 Å².